The van der Waals surface area contributed by atoms with Crippen molar-refractivity contribution >= 4 is 23.0 Å². The van der Waals surface area contributed by atoms with Gasteiger partial charge in [0.15, 0.2) is 11.5 Å². The zero-order chi connectivity index (χ0) is 16.1. The van der Waals surface area contributed by atoms with Crippen molar-refractivity contribution in [2.75, 3.05) is 20.5 Å². The molecule has 2 rings (SSSR count). The molecule has 116 valence electrons. The van der Waals surface area contributed by atoms with Crippen LogP contribution in [-0.4, -0.2) is 34.9 Å². The molecular weight excluding hydrogens is 304 g/mol. The third kappa shape index (κ3) is 3.62. The second kappa shape index (κ2) is 7.04. The summed E-state index contributed by atoms with van der Waals surface area (Å²) in [5.74, 6) is 0.965. The summed E-state index contributed by atoms with van der Waals surface area (Å²) in [5, 5.41) is 6.24. The molecule has 0 radical (unpaired) electrons. The fourth-order valence-corrected chi connectivity index (χ4v) is 2.64. The van der Waals surface area contributed by atoms with Gasteiger partial charge < -0.3 is 9.47 Å². The topological polar surface area (TPSA) is 81.3 Å². The Morgan fingerprint density at radius 1 is 1.18 bits per heavy atom. The van der Waals surface area contributed by atoms with Crippen molar-refractivity contribution in [2.45, 2.75) is 4.90 Å². The Morgan fingerprint density at radius 3 is 2.50 bits per heavy atom. The molecule has 7 heteroatoms. The predicted octanol–water partition coefficient (Wildman–Crippen LogP) is 1.69. The van der Waals surface area contributed by atoms with Crippen LogP contribution >= 0.6 is 0 Å². The summed E-state index contributed by atoms with van der Waals surface area (Å²) >= 11 is 0. The minimum atomic E-state index is -1.22. The summed E-state index contributed by atoms with van der Waals surface area (Å²) in [6.45, 7) is 0. The molecule has 0 aliphatic rings. The van der Waals surface area contributed by atoms with Crippen LogP contribution < -0.4 is 15.0 Å². The maximum atomic E-state index is 11.9. The lowest BCUT2D eigenvalue weighted by Crippen LogP contribution is -2.05. The van der Waals surface area contributed by atoms with E-state index >= 15 is 0 Å². The van der Waals surface area contributed by atoms with Crippen molar-refractivity contribution in [1.29, 1.82) is 0 Å². The Balaban J connectivity index is 2.42. The molecule has 1 aromatic heterocycles. The van der Waals surface area contributed by atoms with Gasteiger partial charge in [-0.05, 0) is 29.8 Å². The van der Waals surface area contributed by atoms with Gasteiger partial charge >= 0.3 is 0 Å². The van der Waals surface area contributed by atoms with E-state index in [1.165, 1.54) is 20.3 Å². The van der Waals surface area contributed by atoms with E-state index in [0.717, 1.165) is 5.56 Å². The van der Waals surface area contributed by atoms with Gasteiger partial charge in [-0.2, -0.15) is 5.10 Å². The first-order valence-corrected chi connectivity index (χ1v) is 7.94. The van der Waals surface area contributed by atoms with Gasteiger partial charge in [0.2, 0.25) is 0 Å². The number of benzene rings is 1. The minimum absolute atomic E-state index is 0.257. The Labute approximate surface area is 130 Å². The lowest BCUT2D eigenvalue weighted by atomic mass is 10.1. The van der Waals surface area contributed by atoms with Crippen LogP contribution in [0, 0.1) is 0 Å². The molecule has 1 unspecified atom stereocenters. The first kappa shape index (κ1) is 16.0. The van der Waals surface area contributed by atoms with Crippen LogP contribution in [0.15, 0.2) is 34.0 Å². The summed E-state index contributed by atoms with van der Waals surface area (Å²) in [6, 6.07) is 6.54. The Morgan fingerprint density at radius 2 is 1.95 bits per heavy atom. The van der Waals surface area contributed by atoms with E-state index in [-0.39, 0.29) is 5.56 Å². The molecule has 1 N–H and O–H groups in total. The Hall–Kier alpha value is -2.41. The lowest BCUT2D eigenvalue weighted by molar-refractivity contribution is 0.347. The van der Waals surface area contributed by atoms with Crippen molar-refractivity contribution in [3.05, 3.63) is 45.9 Å². The molecule has 2 aromatic rings. The molecule has 1 heterocycles. The van der Waals surface area contributed by atoms with Crippen LogP contribution in [0.2, 0.25) is 0 Å². The number of rotatable bonds is 5. The minimum Gasteiger partial charge on any atom is -0.493 e. The molecule has 0 aliphatic carbocycles. The van der Waals surface area contributed by atoms with Gasteiger partial charge in [0.25, 0.3) is 5.56 Å². The summed E-state index contributed by atoms with van der Waals surface area (Å²) in [4.78, 5) is 11.5. The number of aromatic nitrogens is 2. The summed E-state index contributed by atoms with van der Waals surface area (Å²) in [5.41, 5.74) is 1.14. The molecule has 1 aromatic carbocycles. The monoisotopic (exact) mass is 320 g/mol. The van der Waals surface area contributed by atoms with Gasteiger partial charge in [0, 0.05) is 12.3 Å². The van der Waals surface area contributed by atoms with E-state index in [1.54, 1.807) is 36.6 Å². The molecule has 0 amide bonds. The number of hydrogen-bond acceptors (Lipinski definition) is 5. The first-order valence-electron chi connectivity index (χ1n) is 6.38. The maximum Gasteiger partial charge on any atom is 0.264 e. The number of nitrogens with zero attached hydrogens (tertiary/aromatic N) is 1. The second-order valence-corrected chi connectivity index (χ2v) is 5.74. The van der Waals surface area contributed by atoms with Gasteiger partial charge in [-0.1, -0.05) is 6.08 Å². The van der Waals surface area contributed by atoms with Crippen LogP contribution in [0.5, 0.6) is 11.5 Å². The number of aromatic amines is 1. The molecule has 0 spiro atoms. The molecule has 22 heavy (non-hydrogen) atoms. The average molecular weight is 320 g/mol. The predicted molar refractivity (Wildman–Crippen MR) is 85.7 cm³/mol. The van der Waals surface area contributed by atoms with Gasteiger partial charge in [0.1, 0.15) is 0 Å². The van der Waals surface area contributed by atoms with Crippen molar-refractivity contribution in [2.24, 2.45) is 0 Å². The highest BCUT2D eigenvalue weighted by atomic mass is 32.2. The first-order chi connectivity index (χ1) is 10.5. The quantitative estimate of drug-likeness (QED) is 0.907. The number of H-pyrrole nitrogens is 1. The van der Waals surface area contributed by atoms with Gasteiger partial charge in [-0.3, -0.25) is 9.00 Å². The van der Waals surface area contributed by atoms with Crippen LogP contribution in [0.4, 0.5) is 0 Å². The highest BCUT2D eigenvalue weighted by Crippen LogP contribution is 2.35. The van der Waals surface area contributed by atoms with E-state index in [2.05, 4.69) is 10.2 Å². The fraction of sp³-hybridized carbons (Fsp3) is 0.200. The van der Waals surface area contributed by atoms with Crippen molar-refractivity contribution in [3.63, 3.8) is 0 Å². The van der Waals surface area contributed by atoms with Crippen LogP contribution in [0.3, 0.4) is 0 Å². The van der Waals surface area contributed by atoms with Gasteiger partial charge in [-0.15, -0.1) is 0 Å². The van der Waals surface area contributed by atoms with Gasteiger partial charge in [0.05, 0.1) is 35.6 Å². The fourth-order valence-electron chi connectivity index (χ4n) is 1.89. The standard InChI is InChI=1S/C15H16N2O4S/c1-20-12-8-10(9-13(22(3)19)15(12)21-2)4-5-11-6-7-14(18)17-16-11/h4-9H,1-3H3,(H,17,18). The number of nitrogens with one attached hydrogen (secondary N) is 1. The Kier molecular flexibility index (Phi) is 5.11. The average Bonchev–Trinajstić information content (AvgIpc) is 2.53. The molecule has 0 saturated heterocycles. The molecule has 6 nitrogen and oxygen atoms in total. The number of ether oxygens (including phenoxy) is 2. The van der Waals surface area contributed by atoms with E-state index in [1.807, 2.05) is 0 Å². The molecular formula is C15H16N2O4S. The third-order valence-corrected chi connectivity index (χ3v) is 3.85. The van der Waals surface area contributed by atoms with Crippen LogP contribution in [0.25, 0.3) is 12.2 Å². The second-order valence-electron chi connectivity index (χ2n) is 4.39. The van der Waals surface area contributed by atoms with Crippen molar-refractivity contribution in [1.82, 2.24) is 10.2 Å². The van der Waals surface area contributed by atoms with Crippen LogP contribution in [-0.2, 0) is 10.8 Å². The Bertz CT molecular complexity index is 763. The zero-order valence-corrected chi connectivity index (χ0v) is 13.3. The molecule has 0 fully saturated rings. The van der Waals surface area contributed by atoms with E-state index in [4.69, 9.17) is 9.47 Å². The molecule has 0 aliphatic heterocycles. The summed E-state index contributed by atoms with van der Waals surface area (Å²) < 4.78 is 22.4. The summed E-state index contributed by atoms with van der Waals surface area (Å²) in [7, 11) is 1.82. The van der Waals surface area contributed by atoms with Crippen molar-refractivity contribution in [3.8, 4) is 11.5 Å². The molecule has 0 saturated carbocycles. The van der Waals surface area contributed by atoms with E-state index in [9.17, 15) is 9.00 Å². The summed E-state index contributed by atoms with van der Waals surface area (Å²) in [6.07, 6.45) is 5.10. The van der Waals surface area contributed by atoms with Gasteiger partial charge in [-0.25, -0.2) is 5.10 Å². The smallest absolute Gasteiger partial charge is 0.264 e. The molecule has 1 atom stereocenters. The van der Waals surface area contributed by atoms with E-state index in [0.29, 0.717) is 22.1 Å². The largest absolute Gasteiger partial charge is 0.493 e. The normalized spacial score (nSPS) is 12.3. The van der Waals surface area contributed by atoms with Crippen LogP contribution in [0.1, 0.15) is 11.3 Å². The SMILES string of the molecule is COc1cc(C=Cc2ccc(=O)[nH]n2)cc(S(C)=O)c1OC. The highest BCUT2D eigenvalue weighted by molar-refractivity contribution is 7.84. The zero-order valence-electron chi connectivity index (χ0n) is 12.5. The van der Waals surface area contributed by atoms with E-state index < -0.39 is 10.8 Å². The molecule has 0 bridgehead atoms. The third-order valence-electron chi connectivity index (χ3n) is 2.92. The van der Waals surface area contributed by atoms with Crippen molar-refractivity contribution < 1.29 is 13.7 Å². The number of hydrogen-bond donors (Lipinski definition) is 1. The lowest BCUT2D eigenvalue weighted by Gasteiger charge is -2.12. The highest BCUT2D eigenvalue weighted by Gasteiger charge is 2.14. The maximum absolute atomic E-state index is 11.9. The number of methoxy groups -OCH3 is 2.